The van der Waals surface area contributed by atoms with E-state index in [1.165, 1.54) is 19.3 Å². The molecule has 0 aliphatic heterocycles. The standard InChI is InChI=1S/C17H36N4S.HI/c1-7-18-17(20-15-8-9-16(12-15)22-6)19-10-11-21(13(2)3)14(4)5;/h13-16H,7-12H2,1-6H3,(H2,18,19,20);1H. The Balaban J connectivity index is 0.00000484. The molecule has 6 heteroatoms. The van der Waals surface area contributed by atoms with E-state index in [1.807, 2.05) is 11.8 Å². The number of aliphatic imine (C=N–C) groups is 1. The topological polar surface area (TPSA) is 39.7 Å². The van der Waals surface area contributed by atoms with Gasteiger partial charge < -0.3 is 10.6 Å². The number of nitrogens with zero attached hydrogens (tertiary/aromatic N) is 2. The second-order valence-corrected chi connectivity index (χ2v) is 7.84. The Labute approximate surface area is 165 Å². The maximum absolute atomic E-state index is 4.78. The lowest BCUT2D eigenvalue weighted by Gasteiger charge is -2.29. The smallest absolute Gasteiger partial charge is 0.191 e. The fourth-order valence-corrected chi connectivity index (χ4v) is 3.99. The van der Waals surface area contributed by atoms with Gasteiger partial charge in [0, 0.05) is 36.5 Å². The maximum atomic E-state index is 4.78. The van der Waals surface area contributed by atoms with Crippen LogP contribution in [-0.2, 0) is 0 Å². The van der Waals surface area contributed by atoms with Crippen LogP contribution in [0.5, 0.6) is 0 Å². The van der Waals surface area contributed by atoms with E-state index in [9.17, 15) is 0 Å². The lowest BCUT2D eigenvalue weighted by atomic mass is 10.2. The molecule has 0 spiro atoms. The van der Waals surface area contributed by atoms with Gasteiger partial charge in [0.25, 0.3) is 0 Å². The van der Waals surface area contributed by atoms with Gasteiger partial charge >= 0.3 is 0 Å². The van der Waals surface area contributed by atoms with Gasteiger partial charge in [-0.3, -0.25) is 9.89 Å². The van der Waals surface area contributed by atoms with Crippen LogP contribution in [0.1, 0.15) is 53.9 Å². The van der Waals surface area contributed by atoms with Gasteiger partial charge in [-0.1, -0.05) is 0 Å². The van der Waals surface area contributed by atoms with Crippen molar-refractivity contribution in [1.82, 2.24) is 15.5 Å². The molecule has 1 aliphatic rings. The average Bonchev–Trinajstić information content (AvgIpc) is 2.90. The normalized spacial score (nSPS) is 21.9. The van der Waals surface area contributed by atoms with Gasteiger partial charge in [-0.15, -0.1) is 24.0 Å². The summed E-state index contributed by atoms with van der Waals surface area (Å²) in [6.07, 6.45) is 6.07. The summed E-state index contributed by atoms with van der Waals surface area (Å²) in [5.74, 6) is 0.988. The van der Waals surface area contributed by atoms with Gasteiger partial charge in [0.2, 0.25) is 0 Å². The Kier molecular flexibility index (Phi) is 12.8. The highest BCUT2D eigenvalue weighted by Crippen LogP contribution is 2.27. The van der Waals surface area contributed by atoms with E-state index in [1.54, 1.807) is 0 Å². The minimum atomic E-state index is 0. The number of guanidine groups is 1. The third-order valence-electron chi connectivity index (χ3n) is 4.36. The molecule has 2 atom stereocenters. The minimum absolute atomic E-state index is 0. The van der Waals surface area contributed by atoms with Crippen LogP contribution in [0.15, 0.2) is 4.99 Å². The molecule has 2 unspecified atom stereocenters. The first-order valence-electron chi connectivity index (χ1n) is 8.81. The summed E-state index contributed by atoms with van der Waals surface area (Å²) in [6, 6.07) is 1.73. The molecule has 1 aliphatic carbocycles. The van der Waals surface area contributed by atoms with Crippen molar-refractivity contribution in [2.45, 2.75) is 77.3 Å². The summed E-state index contributed by atoms with van der Waals surface area (Å²) >= 11 is 2.00. The Morgan fingerprint density at radius 2 is 1.87 bits per heavy atom. The van der Waals surface area contributed by atoms with E-state index in [2.05, 4.69) is 56.4 Å². The second-order valence-electron chi connectivity index (χ2n) is 6.70. The molecule has 0 radical (unpaired) electrons. The Morgan fingerprint density at radius 1 is 1.22 bits per heavy atom. The fourth-order valence-electron chi connectivity index (χ4n) is 3.19. The van der Waals surface area contributed by atoms with Gasteiger partial charge in [0.05, 0.1) is 6.54 Å². The average molecular weight is 456 g/mol. The largest absolute Gasteiger partial charge is 0.357 e. The number of nitrogens with one attached hydrogen (secondary N) is 2. The zero-order valence-corrected chi connectivity index (χ0v) is 18.9. The SMILES string of the molecule is CCNC(=NCCN(C(C)C)C(C)C)NC1CCC(SC)C1.I. The lowest BCUT2D eigenvalue weighted by molar-refractivity contribution is 0.181. The van der Waals surface area contributed by atoms with Gasteiger partial charge in [-0.05, 0) is 60.1 Å². The molecule has 0 bridgehead atoms. The van der Waals surface area contributed by atoms with Crippen molar-refractivity contribution in [3.05, 3.63) is 0 Å². The molecular formula is C17H37IN4S. The number of hydrogen-bond donors (Lipinski definition) is 2. The van der Waals surface area contributed by atoms with Crippen LogP contribution < -0.4 is 10.6 Å². The molecule has 1 saturated carbocycles. The first kappa shape index (κ1) is 23.3. The van der Waals surface area contributed by atoms with Crippen LogP contribution in [-0.4, -0.2) is 60.1 Å². The molecule has 0 aromatic rings. The quantitative estimate of drug-likeness (QED) is 0.333. The maximum Gasteiger partial charge on any atom is 0.191 e. The van der Waals surface area contributed by atoms with Crippen LogP contribution in [0.2, 0.25) is 0 Å². The molecule has 138 valence electrons. The highest BCUT2D eigenvalue weighted by Gasteiger charge is 2.24. The molecule has 0 amide bonds. The monoisotopic (exact) mass is 456 g/mol. The van der Waals surface area contributed by atoms with E-state index in [0.717, 1.165) is 30.8 Å². The molecule has 0 saturated heterocycles. The molecule has 23 heavy (non-hydrogen) atoms. The first-order chi connectivity index (χ1) is 10.5. The van der Waals surface area contributed by atoms with Gasteiger partial charge in [-0.25, -0.2) is 0 Å². The molecule has 4 nitrogen and oxygen atoms in total. The van der Waals surface area contributed by atoms with Gasteiger partial charge in [-0.2, -0.15) is 11.8 Å². The summed E-state index contributed by atoms with van der Waals surface area (Å²) in [7, 11) is 0. The fraction of sp³-hybridized carbons (Fsp3) is 0.941. The van der Waals surface area contributed by atoms with Crippen molar-refractivity contribution in [3.8, 4) is 0 Å². The van der Waals surface area contributed by atoms with E-state index < -0.39 is 0 Å². The summed E-state index contributed by atoms with van der Waals surface area (Å²) in [6.45, 7) is 14.0. The van der Waals surface area contributed by atoms with E-state index >= 15 is 0 Å². The highest BCUT2D eigenvalue weighted by molar-refractivity contribution is 14.0. The third-order valence-corrected chi connectivity index (χ3v) is 5.45. The Morgan fingerprint density at radius 3 is 2.35 bits per heavy atom. The van der Waals surface area contributed by atoms with Crippen molar-refractivity contribution >= 4 is 41.7 Å². The van der Waals surface area contributed by atoms with E-state index in [0.29, 0.717) is 18.1 Å². The zero-order chi connectivity index (χ0) is 16.5. The zero-order valence-electron chi connectivity index (χ0n) is 15.8. The van der Waals surface area contributed by atoms with Crippen LogP contribution in [0.4, 0.5) is 0 Å². The molecule has 0 aromatic carbocycles. The molecule has 0 heterocycles. The predicted molar refractivity (Wildman–Crippen MR) is 116 cm³/mol. The van der Waals surface area contributed by atoms with E-state index in [-0.39, 0.29) is 24.0 Å². The summed E-state index contributed by atoms with van der Waals surface area (Å²) in [4.78, 5) is 7.27. The summed E-state index contributed by atoms with van der Waals surface area (Å²) in [5.41, 5.74) is 0. The van der Waals surface area contributed by atoms with Crippen LogP contribution in [0.25, 0.3) is 0 Å². The van der Waals surface area contributed by atoms with Crippen molar-refractivity contribution in [1.29, 1.82) is 0 Å². The lowest BCUT2D eigenvalue weighted by Crippen LogP contribution is -2.43. The number of hydrogen-bond acceptors (Lipinski definition) is 3. The van der Waals surface area contributed by atoms with Crippen LogP contribution >= 0.6 is 35.7 Å². The van der Waals surface area contributed by atoms with Crippen molar-refractivity contribution in [2.24, 2.45) is 4.99 Å². The number of rotatable bonds is 8. The summed E-state index contributed by atoms with van der Waals surface area (Å²) < 4.78 is 0. The van der Waals surface area contributed by atoms with Gasteiger partial charge in [0.15, 0.2) is 5.96 Å². The molecule has 0 aromatic heterocycles. The Bertz CT molecular complexity index is 329. The Hall–Kier alpha value is 0.310. The summed E-state index contributed by atoms with van der Waals surface area (Å²) in [5, 5.41) is 7.83. The highest BCUT2D eigenvalue weighted by atomic mass is 127. The minimum Gasteiger partial charge on any atom is -0.357 e. The molecule has 1 rings (SSSR count). The van der Waals surface area contributed by atoms with Crippen LogP contribution in [0.3, 0.4) is 0 Å². The van der Waals surface area contributed by atoms with Crippen LogP contribution in [0, 0.1) is 0 Å². The number of halogens is 1. The van der Waals surface area contributed by atoms with Crippen molar-refractivity contribution < 1.29 is 0 Å². The van der Waals surface area contributed by atoms with Crippen molar-refractivity contribution in [2.75, 3.05) is 25.9 Å². The molecular weight excluding hydrogens is 419 g/mol. The second kappa shape index (κ2) is 12.6. The van der Waals surface area contributed by atoms with E-state index in [4.69, 9.17) is 4.99 Å². The van der Waals surface area contributed by atoms with Crippen molar-refractivity contribution in [3.63, 3.8) is 0 Å². The first-order valence-corrected chi connectivity index (χ1v) is 10.1. The molecule has 2 N–H and O–H groups in total. The van der Waals surface area contributed by atoms with Gasteiger partial charge in [0.1, 0.15) is 0 Å². The molecule has 1 fully saturated rings. The predicted octanol–water partition coefficient (Wildman–Crippen LogP) is 3.56. The number of thioether (sulfide) groups is 1. The third kappa shape index (κ3) is 8.82.